The molecule has 14 heavy (non-hydrogen) atoms. The van der Waals surface area contributed by atoms with Gasteiger partial charge in [0.2, 0.25) is 0 Å². The fourth-order valence-corrected chi connectivity index (χ4v) is 1.76. The SMILES string of the molecule is Cc1ccc2c(ccn2CCCO)c1. The van der Waals surface area contributed by atoms with Gasteiger partial charge in [-0.05, 0) is 36.9 Å². The van der Waals surface area contributed by atoms with Crippen molar-refractivity contribution in [2.24, 2.45) is 0 Å². The van der Waals surface area contributed by atoms with Crippen molar-refractivity contribution in [1.82, 2.24) is 4.57 Å². The Labute approximate surface area is 83.8 Å². The molecular formula is C12H15NO. The van der Waals surface area contributed by atoms with E-state index in [-0.39, 0.29) is 6.61 Å². The summed E-state index contributed by atoms with van der Waals surface area (Å²) in [5.41, 5.74) is 2.54. The number of rotatable bonds is 3. The van der Waals surface area contributed by atoms with E-state index >= 15 is 0 Å². The average molecular weight is 189 g/mol. The maximum Gasteiger partial charge on any atom is 0.0480 e. The molecule has 1 heterocycles. The molecule has 0 radical (unpaired) electrons. The normalized spacial score (nSPS) is 11.0. The molecule has 74 valence electrons. The summed E-state index contributed by atoms with van der Waals surface area (Å²) in [4.78, 5) is 0. The Morgan fingerprint density at radius 1 is 1.29 bits per heavy atom. The highest BCUT2D eigenvalue weighted by Crippen LogP contribution is 2.17. The van der Waals surface area contributed by atoms with Crippen molar-refractivity contribution >= 4 is 10.9 Å². The number of aliphatic hydroxyl groups excluding tert-OH is 1. The second-order valence-corrected chi connectivity index (χ2v) is 3.65. The van der Waals surface area contributed by atoms with Gasteiger partial charge < -0.3 is 9.67 Å². The first-order chi connectivity index (χ1) is 6.81. The van der Waals surface area contributed by atoms with Crippen LogP contribution in [0.15, 0.2) is 30.5 Å². The zero-order valence-corrected chi connectivity index (χ0v) is 8.40. The second-order valence-electron chi connectivity index (χ2n) is 3.65. The first-order valence-corrected chi connectivity index (χ1v) is 4.97. The standard InChI is InChI=1S/C12H15NO/c1-10-3-4-12-11(9-10)5-7-13(12)6-2-8-14/h3-5,7,9,14H,2,6,8H2,1H3. The van der Waals surface area contributed by atoms with Crippen LogP contribution in [-0.4, -0.2) is 16.3 Å². The molecule has 0 fully saturated rings. The van der Waals surface area contributed by atoms with Crippen molar-refractivity contribution in [2.45, 2.75) is 19.9 Å². The largest absolute Gasteiger partial charge is 0.396 e. The van der Waals surface area contributed by atoms with Gasteiger partial charge in [0.1, 0.15) is 0 Å². The first kappa shape index (κ1) is 9.28. The molecule has 1 aromatic heterocycles. The Kier molecular flexibility index (Phi) is 2.55. The van der Waals surface area contributed by atoms with Crippen LogP contribution in [0.25, 0.3) is 10.9 Å². The number of aryl methyl sites for hydroxylation is 2. The molecule has 0 aliphatic heterocycles. The van der Waals surface area contributed by atoms with Crippen LogP contribution in [0.1, 0.15) is 12.0 Å². The second kappa shape index (κ2) is 3.84. The monoisotopic (exact) mass is 189 g/mol. The molecule has 0 aliphatic rings. The van der Waals surface area contributed by atoms with Crippen LogP contribution >= 0.6 is 0 Å². The third-order valence-corrected chi connectivity index (χ3v) is 2.48. The van der Waals surface area contributed by atoms with E-state index in [9.17, 15) is 0 Å². The topological polar surface area (TPSA) is 25.2 Å². The van der Waals surface area contributed by atoms with Gasteiger partial charge in [-0.25, -0.2) is 0 Å². The van der Waals surface area contributed by atoms with E-state index in [4.69, 9.17) is 5.11 Å². The highest BCUT2D eigenvalue weighted by atomic mass is 16.3. The number of aromatic nitrogens is 1. The molecule has 0 saturated heterocycles. The number of fused-ring (bicyclic) bond motifs is 1. The van der Waals surface area contributed by atoms with E-state index in [0.717, 1.165) is 13.0 Å². The number of nitrogens with zero attached hydrogens (tertiary/aromatic N) is 1. The lowest BCUT2D eigenvalue weighted by Crippen LogP contribution is -1.97. The summed E-state index contributed by atoms with van der Waals surface area (Å²) < 4.78 is 2.19. The summed E-state index contributed by atoms with van der Waals surface area (Å²) >= 11 is 0. The van der Waals surface area contributed by atoms with Gasteiger partial charge in [0.25, 0.3) is 0 Å². The minimum absolute atomic E-state index is 0.255. The summed E-state index contributed by atoms with van der Waals surface area (Å²) in [7, 11) is 0. The van der Waals surface area contributed by atoms with Crippen molar-refractivity contribution < 1.29 is 5.11 Å². The quantitative estimate of drug-likeness (QED) is 0.787. The minimum Gasteiger partial charge on any atom is -0.396 e. The minimum atomic E-state index is 0.255. The lowest BCUT2D eigenvalue weighted by molar-refractivity contribution is 0.280. The maximum absolute atomic E-state index is 8.77. The fourth-order valence-electron chi connectivity index (χ4n) is 1.76. The molecule has 0 saturated carbocycles. The Bertz CT molecular complexity index is 431. The van der Waals surface area contributed by atoms with E-state index in [2.05, 4.69) is 42.0 Å². The van der Waals surface area contributed by atoms with Gasteiger partial charge in [-0.2, -0.15) is 0 Å². The number of aliphatic hydroxyl groups is 1. The number of hydrogen-bond donors (Lipinski definition) is 1. The Hall–Kier alpha value is -1.28. The molecule has 2 heteroatoms. The van der Waals surface area contributed by atoms with Crippen LogP contribution in [0.4, 0.5) is 0 Å². The molecule has 0 bridgehead atoms. The molecule has 0 amide bonds. The molecule has 1 aromatic carbocycles. The summed E-state index contributed by atoms with van der Waals surface area (Å²) in [6.07, 6.45) is 2.90. The Morgan fingerprint density at radius 2 is 2.14 bits per heavy atom. The lowest BCUT2D eigenvalue weighted by atomic mass is 10.2. The van der Waals surface area contributed by atoms with Crippen LogP contribution < -0.4 is 0 Å². The zero-order chi connectivity index (χ0) is 9.97. The van der Waals surface area contributed by atoms with Crippen LogP contribution in [0, 0.1) is 6.92 Å². The molecular weight excluding hydrogens is 174 g/mol. The van der Waals surface area contributed by atoms with Crippen LogP contribution in [-0.2, 0) is 6.54 Å². The predicted octanol–water partition coefficient (Wildman–Crippen LogP) is 2.33. The van der Waals surface area contributed by atoms with Crippen LogP contribution in [0.2, 0.25) is 0 Å². The summed E-state index contributed by atoms with van der Waals surface area (Å²) in [5.74, 6) is 0. The Balaban J connectivity index is 2.37. The van der Waals surface area contributed by atoms with Crippen molar-refractivity contribution in [3.63, 3.8) is 0 Å². The first-order valence-electron chi connectivity index (χ1n) is 4.97. The molecule has 2 aromatic rings. The van der Waals surface area contributed by atoms with Crippen LogP contribution in [0.5, 0.6) is 0 Å². The third kappa shape index (κ3) is 1.66. The highest BCUT2D eigenvalue weighted by Gasteiger charge is 1.99. The molecule has 2 nitrogen and oxygen atoms in total. The zero-order valence-electron chi connectivity index (χ0n) is 8.40. The predicted molar refractivity (Wildman–Crippen MR) is 58.4 cm³/mol. The van der Waals surface area contributed by atoms with Gasteiger partial charge in [0.15, 0.2) is 0 Å². The average Bonchev–Trinajstić information content (AvgIpc) is 2.57. The summed E-state index contributed by atoms with van der Waals surface area (Å²) in [5, 5.41) is 10.0. The van der Waals surface area contributed by atoms with Gasteiger partial charge in [0, 0.05) is 24.9 Å². The highest BCUT2D eigenvalue weighted by molar-refractivity contribution is 5.80. The smallest absolute Gasteiger partial charge is 0.0480 e. The molecule has 2 rings (SSSR count). The lowest BCUT2D eigenvalue weighted by Gasteiger charge is -2.03. The molecule has 0 spiro atoms. The Morgan fingerprint density at radius 3 is 2.93 bits per heavy atom. The van der Waals surface area contributed by atoms with Gasteiger partial charge in [-0.3, -0.25) is 0 Å². The van der Waals surface area contributed by atoms with E-state index in [1.54, 1.807) is 0 Å². The van der Waals surface area contributed by atoms with E-state index in [1.165, 1.54) is 16.5 Å². The molecule has 0 aliphatic carbocycles. The third-order valence-electron chi connectivity index (χ3n) is 2.48. The summed E-state index contributed by atoms with van der Waals surface area (Å²) in [6, 6.07) is 8.57. The van der Waals surface area contributed by atoms with E-state index in [1.807, 2.05) is 0 Å². The summed E-state index contributed by atoms with van der Waals surface area (Å²) in [6.45, 7) is 3.25. The fraction of sp³-hybridized carbons (Fsp3) is 0.333. The van der Waals surface area contributed by atoms with E-state index in [0.29, 0.717) is 0 Å². The van der Waals surface area contributed by atoms with Crippen LogP contribution in [0.3, 0.4) is 0 Å². The van der Waals surface area contributed by atoms with Crippen molar-refractivity contribution in [3.8, 4) is 0 Å². The van der Waals surface area contributed by atoms with Gasteiger partial charge in [-0.15, -0.1) is 0 Å². The van der Waals surface area contributed by atoms with Gasteiger partial charge >= 0.3 is 0 Å². The van der Waals surface area contributed by atoms with Crippen molar-refractivity contribution in [2.75, 3.05) is 6.61 Å². The van der Waals surface area contributed by atoms with E-state index < -0.39 is 0 Å². The molecule has 0 unspecified atom stereocenters. The van der Waals surface area contributed by atoms with Crippen molar-refractivity contribution in [3.05, 3.63) is 36.0 Å². The number of hydrogen-bond acceptors (Lipinski definition) is 1. The molecule has 0 atom stereocenters. The van der Waals surface area contributed by atoms with Gasteiger partial charge in [0.05, 0.1) is 0 Å². The van der Waals surface area contributed by atoms with Crippen molar-refractivity contribution in [1.29, 1.82) is 0 Å². The molecule has 1 N–H and O–H groups in total. The maximum atomic E-state index is 8.77. The number of benzene rings is 1. The van der Waals surface area contributed by atoms with Gasteiger partial charge in [-0.1, -0.05) is 11.6 Å².